The summed E-state index contributed by atoms with van der Waals surface area (Å²) in [7, 11) is 1.70. The van der Waals surface area contributed by atoms with Crippen molar-refractivity contribution in [2.45, 2.75) is 32.3 Å². The van der Waals surface area contributed by atoms with Crippen LogP contribution in [0.4, 0.5) is 0 Å². The van der Waals surface area contributed by atoms with Gasteiger partial charge in [-0.1, -0.05) is 0 Å². The highest BCUT2D eigenvalue weighted by atomic mass is 16.5. The van der Waals surface area contributed by atoms with E-state index in [1.807, 2.05) is 0 Å². The van der Waals surface area contributed by atoms with Crippen LogP contribution in [0, 0.1) is 6.92 Å². The SMILES string of the molecule is Cc1nn(C)c(OC2CCC2)c1C(=O)O. The summed E-state index contributed by atoms with van der Waals surface area (Å²) >= 11 is 0. The first-order chi connectivity index (χ1) is 7.09. The lowest BCUT2D eigenvalue weighted by Crippen LogP contribution is -2.26. The van der Waals surface area contributed by atoms with Gasteiger partial charge in [0.2, 0.25) is 5.88 Å². The highest BCUT2D eigenvalue weighted by molar-refractivity contribution is 5.91. The Morgan fingerprint density at radius 3 is 2.73 bits per heavy atom. The first-order valence-electron chi connectivity index (χ1n) is 5.03. The average molecular weight is 210 g/mol. The number of carbonyl (C=O) groups is 1. The number of ether oxygens (including phenoxy) is 1. The Hall–Kier alpha value is -1.52. The summed E-state index contributed by atoms with van der Waals surface area (Å²) in [5, 5.41) is 13.1. The van der Waals surface area contributed by atoms with Crippen molar-refractivity contribution in [3.05, 3.63) is 11.3 Å². The van der Waals surface area contributed by atoms with Gasteiger partial charge >= 0.3 is 5.97 Å². The Bertz CT molecular complexity index is 394. The monoisotopic (exact) mass is 210 g/mol. The standard InChI is InChI=1S/C10H14N2O3/c1-6-8(10(13)14)9(12(2)11-6)15-7-4-3-5-7/h7H,3-5H2,1-2H3,(H,13,14). The molecule has 0 atom stereocenters. The highest BCUT2D eigenvalue weighted by Gasteiger charge is 2.26. The van der Waals surface area contributed by atoms with E-state index in [2.05, 4.69) is 5.10 Å². The minimum Gasteiger partial charge on any atom is -0.477 e. The molecule has 1 saturated carbocycles. The molecule has 0 unspecified atom stereocenters. The van der Waals surface area contributed by atoms with E-state index in [1.54, 1.807) is 14.0 Å². The van der Waals surface area contributed by atoms with E-state index in [9.17, 15) is 4.79 Å². The molecule has 0 aliphatic heterocycles. The van der Waals surface area contributed by atoms with Crippen molar-refractivity contribution in [2.24, 2.45) is 7.05 Å². The zero-order valence-corrected chi connectivity index (χ0v) is 8.86. The number of aromatic nitrogens is 2. The van der Waals surface area contributed by atoms with Crippen molar-refractivity contribution < 1.29 is 14.6 Å². The zero-order chi connectivity index (χ0) is 11.0. The van der Waals surface area contributed by atoms with Crippen LogP contribution in [0.5, 0.6) is 5.88 Å². The Kier molecular flexibility index (Phi) is 2.38. The first kappa shape index (κ1) is 10.0. The summed E-state index contributed by atoms with van der Waals surface area (Å²) in [5.74, 6) is -0.598. The number of carboxylic acids is 1. The molecule has 0 saturated heterocycles. The molecule has 5 heteroatoms. The predicted molar refractivity (Wildman–Crippen MR) is 53.2 cm³/mol. The maximum Gasteiger partial charge on any atom is 0.343 e. The zero-order valence-electron chi connectivity index (χ0n) is 8.86. The summed E-state index contributed by atoms with van der Waals surface area (Å²) in [6.45, 7) is 1.68. The number of aromatic carboxylic acids is 1. The number of hydrogen-bond acceptors (Lipinski definition) is 3. The summed E-state index contributed by atoms with van der Waals surface area (Å²) < 4.78 is 7.11. The third-order valence-electron chi connectivity index (χ3n) is 2.71. The van der Waals surface area contributed by atoms with Crippen LogP contribution in [-0.2, 0) is 7.05 Å². The van der Waals surface area contributed by atoms with Gasteiger partial charge in [0.05, 0.1) is 5.69 Å². The van der Waals surface area contributed by atoms with Crippen LogP contribution in [0.3, 0.4) is 0 Å². The van der Waals surface area contributed by atoms with Crippen LogP contribution < -0.4 is 4.74 Å². The number of hydrogen-bond donors (Lipinski definition) is 1. The molecule has 15 heavy (non-hydrogen) atoms. The molecule has 1 aliphatic rings. The van der Waals surface area contributed by atoms with Gasteiger partial charge in [0.1, 0.15) is 11.7 Å². The van der Waals surface area contributed by atoms with Crippen LogP contribution in [0.2, 0.25) is 0 Å². The lowest BCUT2D eigenvalue weighted by Gasteiger charge is -2.26. The summed E-state index contributed by atoms with van der Waals surface area (Å²) in [6, 6.07) is 0. The van der Waals surface area contributed by atoms with E-state index in [1.165, 1.54) is 4.68 Å². The second-order valence-corrected chi connectivity index (χ2v) is 3.87. The van der Waals surface area contributed by atoms with E-state index < -0.39 is 5.97 Å². The Balaban J connectivity index is 2.30. The molecule has 0 radical (unpaired) electrons. The Labute approximate surface area is 87.7 Å². The predicted octanol–water partition coefficient (Wildman–Crippen LogP) is 1.36. The maximum absolute atomic E-state index is 11.0. The summed E-state index contributed by atoms with van der Waals surface area (Å²) in [4.78, 5) is 11.0. The molecule has 0 spiro atoms. The smallest absolute Gasteiger partial charge is 0.343 e. The second kappa shape index (κ2) is 3.56. The fraction of sp³-hybridized carbons (Fsp3) is 0.600. The Morgan fingerprint density at radius 2 is 2.27 bits per heavy atom. The lowest BCUT2D eigenvalue weighted by molar-refractivity contribution is 0.0674. The van der Waals surface area contributed by atoms with E-state index in [0.29, 0.717) is 11.6 Å². The Morgan fingerprint density at radius 1 is 1.60 bits per heavy atom. The van der Waals surface area contributed by atoms with Gasteiger partial charge in [0.15, 0.2) is 0 Å². The largest absolute Gasteiger partial charge is 0.477 e. The fourth-order valence-electron chi connectivity index (χ4n) is 1.66. The van der Waals surface area contributed by atoms with Crippen LogP contribution in [0.1, 0.15) is 35.3 Å². The number of carboxylic acid groups (broad SMARTS) is 1. The van der Waals surface area contributed by atoms with Crippen LogP contribution in [0.25, 0.3) is 0 Å². The van der Waals surface area contributed by atoms with Gasteiger partial charge in [-0.05, 0) is 26.2 Å². The van der Waals surface area contributed by atoms with E-state index >= 15 is 0 Å². The quantitative estimate of drug-likeness (QED) is 0.818. The van der Waals surface area contributed by atoms with E-state index in [-0.39, 0.29) is 11.7 Å². The van der Waals surface area contributed by atoms with Gasteiger partial charge in [0.25, 0.3) is 0 Å². The first-order valence-corrected chi connectivity index (χ1v) is 5.03. The molecule has 1 aromatic rings. The third kappa shape index (κ3) is 1.69. The van der Waals surface area contributed by atoms with Crippen LogP contribution in [0.15, 0.2) is 0 Å². The molecule has 2 rings (SSSR count). The molecule has 1 N–H and O–H groups in total. The summed E-state index contributed by atoms with van der Waals surface area (Å²) in [6.07, 6.45) is 3.33. The average Bonchev–Trinajstić information content (AvgIpc) is 2.33. The minimum absolute atomic E-state index is 0.165. The van der Waals surface area contributed by atoms with E-state index in [4.69, 9.17) is 9.84 Å². The normalized spacial score (nSPS) is 16.1. The van der Waals surface area contributed by atoms with Gasteiger partial charge in [0, 0.05) is 7.05 Å². The molecule has 0 bridgehead atoms. The van der Waals surface area contributed by atoms with Crippen LogP contribution in [-0.4, -0.2) is 27.0 Å². The topological polar surface area (TPSA) is 64.4 Å². The molecule has 5 nitrogen and oxygen atoms in total. The van der Waals surface area contributed by atoms with Gasteiger partial charge < -0.3 is 9.84 Å². The molecule has 1 heterocycles. The third-order valence-corrected chi connectivity index (χ3v) is 2.71. The number of nitrogens with zero attached hydrogens (tertiary/aromatic N) is 2. The van der Waals surface area contributed by atoms with Crippen LogP contribution >= 0.6 is 0 Å². The molecular formula is C10H14N2O3. The highest BCUT2D eigenvalue weighted by Crippen LogP contribution is 2.28. The molecule has 1 fully saturated rings. The minimum atomic E-state index is -0.977. The maximum atomic E-state index is 11.0. The van der Waals surface area contributed by atoms with Crippen molar-refractivity contribution in [2.75, 3.05) is 0 Å². The molecule has 1 aliphatic carbocycles. The van der Waals surface area contributed by atoms with Gasteiger partial charge in [-0.3, -0.25) is 0 Å². The lowest BCUT2D eigenvalue weighted by atomic mass is 9.96. The molecular weight excluding hydrogens is 196 g/mol. The molecule has 82 valence electrons. The van der Waals surface area contributed by atoms with Gasteiger partial charge in [-0.25, -0.2) is 9.48 Å². The summed E-state index contributed by atoms with van der Waals surface area (Å²) in [5.41, 5.74) is 0.684. The van der Waals surface area contributed by atoms with Crippen molar-refractivity contribution in [3.8, 4) is 5.88 Å². The van der Waals surface area contributed by atoms with Gasteiger partial charge in [-0.2, -0.15) is 5.10 Å². The van der Waals surface area contributed by atoms with Gasteiger partial charge in [-0.15, -0.1) is 0 Å². The number of rotatable bonds is 3. The van der Waals surface area contributed by atoms with Crippen molar-refractivity contribution in [1.82, 2.24) is 9.78 Å². The van der Waals surface area contributed by atoms with E-state index in [0.717, 1.165) is 19.3 Å². The molecule has 0 aromatic carbocycles. The molecule has 1 aromatic heterocycles. The van der Waals surface area contributed by atoms with Crippen molar-refractivity contribution in [1.29, 1.82) is 0 Å². The fourth-order valence-corrected chi connectivity index (χ4v) is 1.66. The van der Waals surface area contributed by atoms with Crippen molar-refractivity contribution >= 4 is 5.97 Å². The van der Waals surface area contributed by atoms with Crippen molar-refractivity contribution in [3.63, 3.8) is 0 Å². The molecule has 0 amide bonds. The number of aryl methyl sites for hydroxylation is 2. The second-order valence-electron chi connectivity index (χ2n) is 3.87.